The minimum absolute atomic E-state index is 0.327. The highest BCUT2D eigenvalue weighted by atomic mass is 15.1. The fourth-order valence-electron chi connectivity index (χ4n) is 3.91. The molecule has 0 saturated carbocycles. The highest BCUT2D eigenvalue weighted by Crippen LogP contribution is 2.34. The van der Waals surface area contributed by atoms with Crippen molar-refractivity contribution in [3.8, 4) is 0 Å². The number of aliphatic imine (C=N–C) groups is 1. The Kier molecular flexibility index (Phi) is 4.37. The lowest BCUT2D eigenvalue weighted by atomic mass is 9.78. The van der Waals surface area contributed by atoms with E-state index in [2.05, 4.69) is 39.1 Å². The largest absolute Gasteiger partial charge is 0.321 e. The Morgan fingerprint density at radius 1 is 1.12 bits per heavy atom. The number of hydrogen-bond acceptors (Lipinski definition) is 5. The smallest absolute Gasteiger partial charge is 0.156 e. The van der Waals surface area contributed by atoms with Crippen molar-refractivity contribution in [1.29, 1.82) is 0 Å². The summed E-state index contributed by atoms with van der Waals surface area (Å²) in [5, 5.41) is 0. The Labute approximate surface area is 148 Å². The SMILES string of the molecule is NC1C=Nc2ncccc2C1(N)Cc1cccc(CN2CCCC2)c1. The van der Waals surface area contributed by atoms with Crippen molar-refractivity contribution in [2.45, 2.75) is 37.4 Å². The average molecular weight is 335 g/mol. The van der Waals surface area contributed by atoms with Gasteiger partial charge in [0.1, 0.15) is 0 Å². The van der Waals surface area contributed by atoms with Crippen LogP contribution < -0.4 is 11.5 Å². The maximum atomic E-state index is 6.79. The van der Waals surface area contributed by atoms with E-state index in [1.807, 2.05) is 12.1 Å². The molecule has 0 radical (unpaired) electrons. The average Bonchev–Trinajstić information content (AvgIpc) is 3.12. The van der Waals surface area contributed by atoms with E-state index in [-0.39, 0.29) is 6.04 Å². The van der Waals surface area contributed by atoms with Gasteiger partial charge in [0.25, 0.3) is 0 Å². The van der Waals surface area contributed by atoms with Crippen molar-refractivity contribution in [2.24, 2.45) is 16.5 Å². The highest BCUT2D eigenvalue weighted by molar-refractivity contribution is 5.75. The van der Waals surface area contributed by atoms with Crippen LogP contribution in [0.1, 0.15) is 29.5 Å². The van der Waals surface area contributed by atoms with Crippen molar-refractivity contribution in [1.82, 2.24) is 9.88 Å². The third-order valence-corrected chi connectivity index (χ3v) is 5.33. The fourth-order valence-corrected chi connectivity index (χ4v) is 3.91. The summed E-state index contributed by atoms with van der Waals surface area (Å²) >= 11 is 0. The molecule has 4 N–H and O–H groups in total. The summed E-state index contributed by atoms with van der Waals surface area (Å²) in [5.74, 6) is 0.680. The first-order chi connectivity index (χ1) is 12.1. The van der Waals surface area contributed by atoms with E-state index in [4.69, 9.17) is 11.5 Å². The molecule has 5 nitrogen and oxygen atoms in total. The molecule has 1 fully saturated rings. The molecule has 0 spiro atoms. The van der Waals surface area contributed by atoms with Gasteiger partial charge in [0.2, 0.25) is 0 Å². The maximum absolute atomic E-state index is 6.79. The van der Waals surface area contributed by atoms with E-state index in [1.165, 1.54) is 37.1 Å². The lowest BCUT2D eigenvalue weighted by molar-refractivity contribution is 0.331. The second-order valence-corrected chi connectivity index (χ2v) is 7.20. The van der Waals surface area contributed by atoms with Crippen LogP contribution in [0.5, 0.6) is 0 Å². The molecule has 3 heterocycles. The molecule has 0 bridgehead atoms. The molecule has 2 unspecified atom stereocenters. The normalized spacial score (nSPS) is 25.9. The molecular weight excluding hydrogens is 310 g/mol. The van der Waals surface area contributed by atoms with Crippen LogP contribution in [0, 0.1) is 0 Å². The number of rotatable bonds is 4. The number of nitrogens with zero attached hydrogens (tertiary/aromatic N) is 3. The Morgan fingerprint density at radius 2 is 1.92 bits per heavy atom. The number of hydrogen-bond donors (Lipinski definition) is 2. The van der Waals surface area contributed by atoms with Crippen molar-refractivity contribution >= 4 is 12.0 Å². The first kappa shape index (κ1) is 16.4. The van der Waals surface area contributed by atoms with Gasteiger partial charge in [-0.2, -0.15) is 0 Å². The van der Waals surface area contributed by atoms with Gasteiger partial charge in [0.15, 0.2) is 5.82 Å². The van der Waals surface area contributed by atoms with Crippen LogP contribution in [0.3, 0.4) is 0 Å². The second kappa shape index (κ2) is 6.67. The summed E-state index contributed by atoms with van der Waals surface area (Å²) in [6.07, 6.45) is 6.76. The topological polar surface area (TPSA) is 80.5 Å². The number of fused-ring (bicyclic) bond motifs is 1. The van der Waals surface area contributed by atoms with Crippen LogP contribution >= 0.6 is 0 Å². The van der Waals surface area contributed by atoms with E-state index >= 15 is 0 Å². The predicted molar refractivity (Wildman–Crippen MR) is 101 cm³/mol. The van der Waals surface area contributed by atoms with Crippen LogP contribution in [0.2, 0.25) is 0 Å². The van der Waals surface area contributed by atoms with E-state index in [9.17, 15) is 0 Å². The Balaban J connectivity index is 1.59. The lowest BCUT2D eigenvalue weighted by Crippen LogP contribution is -2.56. The number of likely N-dealkylation sites (tertiary alicyclic amines) is 1. The first-order valence-electron chi connectivity index (χ1n) is 8.99. The Morgan fingerprint density at radius 3 is 2.76 bits per heavy atom. The van der Waals surface area contributed by atoms with Gasteiger partial charge < -0.3 is 11.5 Å². The van der Waals surface area contributed by atoms with Gasteiger partial charge in [-0.25, -0.2) is 9.98 Å². The van der Waals surface area contributed by atoms with E-state index < -0.39 is 5.54 Å². The summed E-state index contributed by atoms with van der Waals surface area (Å²) in [7, 11) is 0. The third kappa shape index (κ3) is 3.23. The van der Waals surface area contributed by atoms with Crippen molar-refractivity contribution in [3.05, 3.63) is 59.3 Å². The van der Waals surface area contributed by atoms with Crippen molar-refractivity contribution in [2.75, 3.05) is 13.1 Å². The highest BCUT2D eigenvalue weighted by Gasteiger charge is 2.38. The van der Waals surface area contributed by atoms with Gasteiger partial charge in [-0.05, 0) is 49.5 Å². The molecular formula is C20H25N5. The maximum Gasteiger partial charge on any atom is 0.156 e. The minimum Gasteiger partial charge on any atom is -0.321 e. The molecule has 2 aliphatic rings. The number of nitrogens with two attached hydrogens (primary N) is 2. The van der Waals surface area contributed by atoms with Crippen LogP contribution in [0.25, 0.3) is 0 Å². The molecule has 0 amide bonds. The molecule has 2 aliphatic heterocycles. The third-order valence-electron chi connectivity index (χ3n) is 5.33. The number of benzene rings is 1. The zero-order valence-electron chi connectivity index (χ0n) is 14.4. The Bertz CT molecular complexity index is 781. The number of aromatic nitrogens is 1. The molecule has 1 aromatic heterocycles. The van der Waals surface area contributed by atoms with Gasteiger partial charge in [-0.3, -0.25) is 4.90 Å². The predicted octanol–water partition coefficient (Wildman–Crippen LogP) is 2.12. The summed E-state index contributed by atoms with van der Waals surface area (Å²) in [6, 6.07) is 12.3. The van der Waals surface area contributed by atoms with Gasteiger partial charge in [-0.1, -0.05) is 30.3 Å². The van der Waals surface area contributed by atoms with E-state index in [0.29, 0.717) is 12.2 Å². The quantitative estimate of drug-likeness (QED) is 0.897. The molecule has 130 valence electrons. The van der Waals surface area contributed by atoms with Gasteiger partial charge >= 0.3 is 0 Å². The molecule has 5 heteroatoms. The monoisotopic (exact) mass is 335 g/mol. The van der Waals surface area contributed by atoms with E-state index in [0.717, 1.165) is 12.1 Å². The summed E-state index contributed by atoms with van der Waals surface area (Å²) < 4.78 is 0. The van der Waals surface area contributed by atoms with Crippen LogP contribution in [-0.4, -0.2) is 35.2 Å². The Hall–Kier alpha value is -2.08. The summed E-state index contributed by atoms with van der Waals surface area (Å²) in [6.45, 7) is 3.41. The molecule has 2 atom stereocenters. The minimum atomic E-state index is -0.683. The molecule has 25 heavy (non-hydrogen) atoms. The van der Waals surface area contributed by atoms with Crippen molar-refractivity contribution in [3.63, 3.8) is 0 Å². The molecule has 4 rings (SSSR count). The van der Waals surface area contributed by atoms with E-state index in [1.54, 1.807) is 12.4 Å². The van der Waals surface area contributed by atoms with Gasteiger partial charge in [0.05, 0.1) is 11.6 Å². The molecule has 1 aromatic carbocycles. The summed E-state index contributed by atoms with van der Waals surface area (Å²) in [5.41, 5.74) is 15.9. The zero-order chi connectivity index (χ0) is 17.3. The fraction of sp³-hybridized carbons (Fsp3) is 0.400. The van der Waals surface area contributed by atoms with Crippen molar-refractivity contribution < 1.29 is 0 Å². The van der Waals surface area contributed by atoms with Crippen LogP contribution in [0.4, 0.5) is 5.82 Å². The zero-order valence-corrected chi connectivity index (χ0v) is 14.4. The lowest BCUT2D eigenvalue weighted by Gasteiger charge is -2.37. The molecule has 2 aromatic rings. The summed E-state index contributed by atoms with van der Waals surface area (Å²) in [4.78, 5) is 11.2. The number of pyridine rings is 1. The van der Waals surface area contributed by atoms with Gasteiger partial charge in [0, 0.05) is 24.5 Å². The molecule has 0 aliphatic carbocycles. The van der Waals surface area contributed by atoms with Crippen LogP contribution in [-0.2, 0) is 18.5 Å². The molecule has 1 saturated heterocycles. The standard InChI is InChI=1S/C20H25N5/c21-18-13-24-19-17(7-4-8-23-19)20(18,22)12-15-5-3-6-16(11-15)14-25-9-1-2-10-25/h3-8,11,13,18H,1-2,9-10,12,14,21-22H2. The second-order valence-electron chi connectivity index (χ2n) is 7.20. The van der Waals surface area contributed by atoms with Crippen LogP contribution in [0.15, 0.2) is 47.6 Å². The first-order valence-corrected chi connectivity index (χ1v) is 8.99. The van der Waals surface area contributed by atoms with Gasteiger partial charge in [-0.15, -0.1) is 0 Å².